The maximum atomic E-state index is 11.5. The van der Waals surface area contributed by atoms with Gasteiger partial charge in [-0.3, -0.25) is 0 Å². The Labute approximate surface area is 126 Å². The van der Waals surface area contributed by atoms with E-state index in [2.05, 4.69) is 0 Å². The van der Waals surface area contributed by atoms with Gasteiger partial charge < -0.3 is 9.52 Å². The molecule has 0 aliphatic heterocycles. The summed E-state index contributed by atoms with van der Waals surface area (Å²) in [6.45, 7) is 3.89. The summed E-state index contributed by atoms with van der Waals surface area (Å²) in [5.74, 6) is -1.12. The smallest absolute Gasteiger partial charge is 0.372 e. The summed E-state index contributed by atoms with van der Waals surface area (Å²) in [4.78, 5) is 11.5. The highest BCUT2D eigenvalue weighted by molar-refractivity contribution is 6.30. The van der Waals surface area contributed by atoms with Crippen molar-refractivity contribution in [3.8, 4) is 11.1 Å². The molecule has 4 heteroatoms. The normalized spacial score (nSPS) is 11.0. The summed E-state index contributed by atoms with van der Waals surface area (Å²) in [6, 6.07) is 11.0. The van der Waals surface area contributed by atoms with Gasteiger partial charge in [-0.05, 0) is 48.7 Å². The summed E-state index contributed by atoms with van der Waals surface area (Å²) in [5.41, 5.74) is 3.98. The number of carboxylic acid groups (broad SMARTS) is 1. The van der Waals surface area contributed by atoms with E-state index in [4.69, 9.17) is 16.0 Å². The zero-order chi connectivity index (χ0) is 15.1. The molecule has 3 aromatic rings. The van der Waals surface area contributed by atoms with E-state index in [1.807, 2.05) is 26.0 Å². The lowest BCUT2D eigenvalue weighted by atomic mass is 9.99. The summed E-state index contributed by atoms with van der Waals surface area (Å²) in [6.07, 6.45) is 0. The number of fused-ring (bicyclic) bond motifs is 1. The minimum atomic E-state index is -1.08. The highest BCUT2D eigenvalue weighted by atomic mass is 35.5. The van der Waals surface area contributed by atoms with E-state index in [1.165, 1.54) is 0 Å². The van der Waals surface area contributed by atoms with Crippen LogP contribution in [0.25, 0.3) is 22.1 Å². The molecule has 0 amide bonds. The summed E-state index contributed by atoms with van der Waals surface area (Å²) in [5, 5.41) is 10.8. The Morgan fingerprint density at radius 3 is 2.43 bits per heavy atom. The fourth-order valence-corrected chi connectivity index (χ4v) is 2.73. The second-order valence-corrected chi connectivity index (χ2v) is 5.51. The molecule has 0 fully saturated rings. The van der Waals surface area contributed by atoms with Gasteiger partial charge in [-0.25, -0.2) is 4.79 Å². The van der Waals surface area contributed by atoms with Crippen LogP contribution < -0.4 is 0 Å². The van der Waals surface area contributed by atoms with Crippen LogP contribution in [-0.2, 0) is 0 Å². The minimum absolute atomic E-state index is 0.0407. The lowest BCUT2D eigenvalue weighted by Gasteiger charge is -2.02. The number of benzene rings is 2. The maximum Gasteiger partial charge on any atom is 0.372 e. The molecule has 0 spiro atoms. The third kappa shape index (κ3) is 2.30. The number of furan rings is 1. The molecule has 106 valence electrons. The van der Waals surface area contributed by atoms with Crippen molar-refractivity contribution in [2.75, 3.05) is 0 Å². The zero-order valence-corrected chi connectivity index (χ0v) is 12.4. The van der Waals surface area contributed by atoms with Gasteiger partial charge in [-0.1, -0.05) is 29.8 Å². The lowest BCUT2D eigenvalue weighted by molar-refractivity contribution is 0.0666. The van der Waals surface area contributed by atoms with Crippen LogP contribution in [-0.4, -0.2) is 11.1 Å². The van der Waals surface area contributed by atoms with Crippen LogP contribution in [0.2, 0.25) is 5.02 Å². The lowest BCUT2D eigenvalue weighted by Crippen LogP contribution is -1.95. The molecule has 0 radical (unpaired) electrons. The average molecular weight is 301 g/mol. The minimum Gasteiger partial charge on any atom is -0.475 e. The third-order valence-electron chi connectivity index (χ3n) is 3.45. The van der Waals surface area contributed by atoms with Gasteiger partial charge in [-0.2, -0.15) is 0 Å². The monoisotopic (exact) mass is 300 g/mol. The quantitative estimate of drug-likeness (QED) is 0.719. The topological polar surface area (TPSA) is 50.4 Å². The first kappa shape index (κ1) is 13.7. The van der Waals surface area contributed by atoms with Gasteiger partial charge in [0.25, 0.3) is 0 Å². The van der Waals surface area contributed by atoms with E-state index < -0.39 is 5.97 Å². The molecule has 0 aliphatic rings. The van der Waals surface area contributed by atoms with Crippen LogP contribution in [0, 0.1) is 13.8 Å². The first-order valence-corrected chi connectivity index (χ1v) is 6.88. The molecular formula is C17H13ClO3. The number of hydrogen-bond donors (Lipinski definition) is 1. The van der Waals surface area contributed by atoms with Crippen molar-refractivity contribution >= 4 is 28.5 Å². The van der Waals surface area contributed by atoms with Gasteiger partial charge in [0.15, 0.2) is 0 Å². The number of carboxylic acids is 1. The van der Waals surface area contributed by atoms with Crippen molar-refractivity contribution in [3.05, 3.63) is 58.3 Å². The summed E-state index contributed by atoms with van der Waals surface area (Å²) >= 11 is 5.90. The van der Waals surface area contributed by atoms with Crippen molar-refractivity contribution in [1.29, 1.82) is 0 Å². The van der Waals surface area contributed by atoms with Crippen LogP contribution >= 0.6 is 11.6 Å². The van der Waals surface area contributed by atoms with E-state index in [9.17, 15) is 9.90 Å². The number of hydrogen-bond acceptors (Lipinski definition) is 2. The maximum absolute atomic E-state index is 11.5. The van der Waals surface area contributed by atoms with Gasteiger partial charge in [0.2, 0.25) is 5.76 Å². The van der Waals surface area contributed by atoms with Crippen LogP contribution in [0.1, 0.15) is 21.7 Å². The first-order valence-electron chi connectivity index (χ1n) is 6.50. The molecule has 2 aromatic carbocycles. The second-order valence-electron chi connectivity index (χ2n) is 5.08. The van der Waals surface area contributed by atoms with Gasteiger partial charge in [0.1, 0.15) is 5.58 Å². The Kier molecular flexibility index (Phi) is 3.22. The van der Waals surface area contributed by atoms with Gasteiger partial charge in [0, 0.05) is 16.0 Å². The third-order valence-corrected chi connectivity index (χ3v) is 3.70. The van der Waals surface area contributed by atoms with Gasteiger partial charge in [0.05, 0.1) is 0 Å². The van der Waals surface area contributed by atoms with Crippen LogP contribution in [0.3, 0.4) is 0 Å². The average Bonchev–Trinajstić information content (AvgIpc) is 2.79. The molecule has 0 bridgehead atoms. The summed E-state index contributed by atoms with van der Waals surface area (Å²) < 4.78 is 5.60. The molecule has 3 rings (SSSR count). The molecule has 1 N–H and O–H groups in total. The second kappa shape index (κ2) is 4.93. The van der Waals surface area contributed by atoms with Crippen molar-refractivity contribution < 1.29 is 14.3 Å². The predicted octanol–water partition coefficient (Wildman–Crippen LogP) is 5.07. The highest BCUT2D eigenvalue weighted by Gasteiger charge is 2.22. The van der Waals surface area contributed by atoms with Crippen molar-refractivity contribution in [2.45, 2.75) is 13.8 Å². The van der Waals surface area contributed by atoms with Crippen molar-refractivity contribution in [1.82, 2.24) is 0 Å². The summed E-state index contributed by atoms with van der Waals surface area (Å²) in [7, 11) is 0. The molecule has 21 heavy (non-hydrogen) atoms. The van der Waals surface area contributed by atoms with Crippen LogP contribution in [0.4, 0.5) is 0 Å². The largest absolute Gasteiger partial charge is 0.475 e. The fourth-order valence-electron chi connectivity index (χ4n) is 2.60. The molecule has 1 heterocycles. The Morgan fingerprint density at radius 2 is 1.81 bits per heavy atom. The number of carbonyl (C=O) groups is 1. The number of aryl methyl sites for hydroxylation is 2. The highest BCUT2D eigenvalue weighted by Crippen LogP contribution is 2.37. The molecule has 0 saturated heterocycles. The predicted molar refractivity (Wildman–Crippen MR) is 83.1 cm³/mol. The van der Waals surface area contributed by atoms with E-state index in [1.54, 1.807) is 24.3 Å². The van der Waals surface area contributed by atoms with Crippen LogP contribution in [0.5, 0.6) is 0 Å². The Bertz CT molecular complexity index is 845. The van der Waals surface area contributed by atoms with Gasteiger partial charge >= 0.3 is 5.97 Å². The van der Waals surface area contributed by atoms with Crippen molar-refractivity contribution in [2.24, 2.45) is 0 Å². The fraction of sp³-hybridized carbons (Fsp3) is 0.118. The van der Waals surface area contributed by atoms with Crippen LogP contribution in [0.15, 0.2) is 40.8 Å². The zero-order valence-electron chi connectivity index (χ0n) is 11.6. The molecule has 0 unspecified atom stereocenters. The van der Waals surface area contributed by atoms with E-state index >= 15 is 0 Å². The van der Waals surface area contributed by atoms with E-state index in [0.717, 1.165) is 22.1 Å². The van der Waals surface area contributed by atoms with Crippen molar-refractivity contribution in [3.63, 3.8) is 0 Å². The molecule has 0 saturated carbocycles. The van der Waals surface area contributed by atoms with E-state index in [-0.39, 0.29) is 5.76 Å². The first-order chi connectivity index (χ1) is 9.97. The number of aromatic carboxylic acids is 1. The van der Waals surface area contributed by atoms with E-state index in [0.29, 0.717) is 16.2 Å². The standard InChI is InChI=1S/C17H13ClO3/c1-9-7-10(2)15-13(8-9)14(16(21-15)17(19)20)11-3-5-12(18)6-4-11/h3-8H,1-2H3,(H,19,20). The molecular weight excluding hydrogens is 288 g/mol. The molecule has 3 nitrogen and oxygen atoms in total. The van der Waals surface area contributed by atoms with Gasteiger partial charge in [-0.15, -0.1) is 0 Å². The molecule has 1 aromatic heterocycles. The molecule has 0 aliphatic carbocycles. The Hall–Kier alpha value is -2.26. The molecule has 0 atom stereocenters. The SMILES string of the molecule is Cc1cc(C)c2oc(C(=O)O)c(-c3ccc(Cl)cc3)c2c1. The Balaban J connectivity index is 2.40. The Morgan fingerprint density at radius 1 is 1.14 bits per heavy atom. The number of halogens is 1. The number of rotatable bonds is 2.